The van der Waals surface area contributed by atoms with Crippen LogP contribution in [0.1, 0.15) is 32.3 Å². The van der Waals surface area contributed by atoms with E-state index in [0.29, 0.717) is 19.0 Å². The summed E-state index contributed by atoms with van der Waals surface area (Å²) in [6.45, 7) is 3.44. The van der Waals surface area contributed by atoms with Crippen LogP contribution in [0, 0.1) is 5.92 Å². The van der Waals surface area contributed by atoms with Crippen molar-refractivity contribution in [3.63, 3.8) is 0 Å². The summed E-state index contributed by atoms with van der Waals surface area (Å²) in [6.07, 6.45) is -0.420. The maximum Gasteiger partial charge on any atom is 0.417 e. The lowest BCUT2D eigenvalue weighted by Gasteiger charge is -2.30. The second-order valence-electron chi connectivity index (χ2n) is 8.32. The Morgan fingerprint density at radius 1 is 1.28 bits per heavy atom. The number of sulfonamides is 1. The molecule has 0 radical (unpaired) electrons. The average Bonchev–Trinajstić information content (AvgIpc) is 3.15. The number of hydrogen-bond donors (Lipinski definition) is 2. The van der Waals surface area contributed by atoms with Gasteiger partial charge in [0.05, 0.1) is 30.0 Å². The molecule has 1 aliphatic heterocycles. The van der Waals surface area contributed by atoms with Crippen LogP contribution >= 0.6 is 0 Å². The van der Waals surface area contributed by atoms with Gasteiger partial charge in [-0.1, -0.05) is 0 Å². The molecule has 1 fully saturated rings. The predicted molar refractivity (Wildman–Crippen MR) is 108 cm³/mol. The Hall–Kier alpha value is -2.51. The molecule has 0 saturated carbocycles. The predicted octanol–water partition coefficient (Wildman–Crippen LogP) is 2.11. The highest BCUT2D eigenvalue weighted by Gasteiger charge is 2.35. The number of nitrogens with zero attached hydrogens (tertiary/aromatic N) is 4. The van der Waals surface area contributed by atoms with Gasteiger partial charge in [0.2, 0.25) is 5.91 Å². The second kappa shape index (κ2) is 8.79. The van der Waals surface area contributed by atoms with Crippen LogP contribution < -0.4 is 5.32 Å². The fourth-order valence-electron chi connectivity index (χ4n) is 3.38. The molecule has 32 heavy (non-hydrogen) atoms. The molecule has 3 heterocycles. The van der Waals surface area contributed by atoms with Gasteiger partial charge in [-0.05, 0) is 38.8 Å². The smallest absolute Gasteiger partial charge is 0.389 e. The fraction of sp³-hybridized carbons (Fsp3) is 0.526. The third kappa shape index (κ3) is 5.84. The largest absolute Gasteiger partial charge is 0.417 e. The minimum absolute atomic E-state index is 0.0478. The van der Waals surface area contributed by atoms with E-state index in [-0.39, 0.29) is 30.5 Å². The van der Waals surface area contributed by atoms with Gasteiger partial charge < -0.3 is 15.0 Å². The molecule has 2 aromatic heterocycles. The Morgan fingerprint density at radius 3 is 2.59 bits per heavy atom. The number of aliphatic hydroxyl groups is 1. The first kappa shape index (κ1) is 24.1. The standard InChI is InChI=1S/C19H24F3N5O4S/c1-18(2,29)11-26-10-16(24-12-26)32(30,31)27-7-3-4-13(9-27)17(28)25-15-6-5-14(8-23-15)19(20,21)22/h5-6,8,10,12-13,29H,3-4,7,9,11H2,1-2H3,(H,23,25,28)/t13-/m1/s1. The highest BCUT2D eigenvalue weighted by molar-refractivity contribution is 7.89. The lowest BCUT2D eigenvalue weighted by molar-refractivity contribution is -0.137. The average molecular weight is 475 g/mol. The number of carbonyl (C=O) groups excluding carboxylic acids is 1. The summed E-state index contributed by atoms with van der Waals surface area (Å²) in [5.74, 6) is -1.26. The summed E-state index contributed by atoms with van der Waals surface area (Å²) in [6, 6.07) is 1.86. The topological polar surface area (TPSA) is 117 Å². The van der Waals surface area contributed by atoms with Gasteiger partial charge in [0.25, 0.3) is 10.0 Å². The van der Waals surface area contributed by atoms with Gasteiger partial charge in [-0.3, -0.25) is 4.79 Å². The molecule has 2 N–H and O–H groups in total. The van der Waals surface area contributed by atoms with Gasteiger partial charge >= 0.3 is 6.18 Å². The maximum atomic E-state index is 13.0. The fourth-order valence-corrected chi connectivity index (χ4v) is 4.84. The van der Waals surface area contributed by atoms with E-state index in [9.17, 15) is 31.5 Å². The van der Waals surface area contributed by atoms with Crippen molar-refractivity contribution in [3.05, 3.63) is 36.4 Å². The number of nitrogens with one attached hydrogen (secondary N) is 1. The van der Waals surface area contributed by atoms with Crippen LogP contribution in [0.5, 0.6) is 0 Å². The first-order valence-corrected chi connectivity index (χ1v) is 11.3. The highest BCUT2D eigenvalue weighted by atomic mass is 32.2. The van der Waals surface area contributed by atoms with Crippen LogP contribution in [0.4, 0.5) is 19.0 Å². The van der Waals surface area contributed by atoms with Crippen LogP contribution in [0.15, 0.2) is 35.9 Å². The van der Waals surface area contributed by atoms with Gasteiger partial charge in [-0.25, -0.2) is 18.4 Å². The van der Waals surface area contributed by atoms with Crippen molar-refractivity contribution in [2.75, 3.05) is 18.4 Å². The lowest BCUT2D eigenvalue weighted by Crippen LogP contribution is -2.43. The van der Waals surface area contributed by atoms with Crippen LogP contribution in [-0.4, -0.2) is 57.0 Å². The molecule has 1 saturated heterocycles. The third-order valence-corrected chi connectivity index (χ3v) is 6.63. The normalized spacial score (nSPS) is 18.5. The maximum absolute atomic E-state index is 13.0. The molecule has 13 heteroatoms. The molecule has 9 nitrogen and oxygen atoms in total. The van der Waals surface area contributed by atoms with E-state index in [1.165, 1.54) is 17.1 Å². The number of piperidine rings is 1. The molecule has 0 aliphatic carbocycles. The van der Waals surface area contributed by atoms with Gasteiger partial charge in [0, 0.05) is 25.5 Å². The SMILES string of the molecule is CC(C)(O)Cn1cnc(S(=O)(=O)N2CCC[C@@H](C(=O)Nc3ccc(C(F)(F)F)cn3)C2)c1. The van der Waals surface area contributed by atoms with E-state index in [0.717, 1.165) is 16.4 Å². The zero-order valence-corrected chi connectivity index (χ0v) is 18.3. The van der Waals surface area contributed by atoms with Crippen molar-refractivity contribution in [2.45, 2.75) is 50.0 Å². The van der Waals surface area contributed by atoms with E-state index in [1.54, 1.807) is 13.8 Å². The molecule has 0 unspecified atom stereocenters. The number of anilines is 1. The number of pyridine rings is 1. The Balaban J connectivity index is 1.67. The number of rotatable bonds is 6. The van der Waals surface area contributed by atoms with Crippen LogP contribution in [0.25, 0.3) is 0 Å². The van der Waals surface area contributed by atoms with E-state index < -0.39 is 39.2 Å². The zero-order chi connectivity index (χ0) is 23.7. The number of imidazole rings is 1. The summed E-state index contributed by atoms with van der Waals surface area (Å²) in [7, 11) is -3.96. The molecular formula is C19H24F3N5O4S. The van der Waals surface area contributed by atoms with Crippen molar-refractivity contribution in [1.29, 1.82) is 0 Å². The Morgan fingerprint density at radius 2 is 2.00 bits per heavy atom. The van der Waals surface area contributed by atoms with Crippen molar-refractivity contribution in [1.82, 2.24) is 18.8 Å². The number of amides is 1. The zero-order valence-electron chi connectivity index (χ0n) is 17.5. The second-order valence-corrected chi connectivity index (χ2v) is 10.2. The Labute approximate surface area is 183 Å². The number of alkyl halides is 3. The highest BCUT2D eigenvalue weighted by Crippen LogP contribution is 2.29. The van der Waals surface area contributed by atoms with E-state index in [2.05, 4.69) is 15.3 Å². The van der Waals surface area contributed by atoms with Crippen molar-refractivity contribution in [3.8, 4) is 0 Å². The molecule has 0 spiro atoms. The minimum Gasteiger partial charge on any atom is -0.389 e. The van der Waals surface area contributed by atoms with Crippen LogP contribution in [0.3, 0.4) is 0 Å². The van der Waals surface area contributed by atoms with E-state index in [4.69, 9.17) is 0 Å². The van der Waals surface area contributed by atoms with E-state index >= 15 is 0 Å². The van der Waals surface area contributed by atoms with Crippen LogP contribution in [0.2, 0.25) is 0 Å². The molecule has 1 atom stereocenters. The van der Waals surface area contributed by atoms with Gasteiger partial charge in [-0.2, -0.15) is 17.5 Å². The number of aromatic nitrogens is 3. The molecule has 1 aliphatic rings. The number of hydrogen-bond acceptors (Lipinski definition) is 6. The number of carbonyl (C=O) groups is 1. The number of halogens is 3. The van der Waals surface area contributed by atoms with Gasteiger partial charge in [0.15, 0.2) is 5.03 Å². The van der Waals surface area contributed by atoms with E-state index in [1.807, 2.05) is 0 Å². The summed E-state index contributed by atoms with van der Waals surface area (Å²) >= 11 is 0. The summed E-state index contributed by atoms with van der Waals surface area (Å²) < 4.78 is 66.5. The van der Waals surface area contributed by atoms with Crippen molar-refractivity contribution >= 4 is 21.7 Å². The summed E-state index contributed by atoms with van der Waals surface area (Å²) in [5, 5.41) is 12.1. The quantitative estimate of drug-likeness (QED) is 0.661. The molecule has 2 aromatic rings. The molecule has 0 bridgehead atoms. The lowest BCUT2D eigenvalue weighted by atomic mass is 9.99. The Kier molecular flexibility index (Phi) is 6.63. The van der Waals surface area contributed by atoms with Gasteiger partial charge in [-0.15, -0.1) is 0 Å². The van der Waals surface area contributed by atoms with Crippen molar-refractivity contribution in [2.24, 2.45) is 5.92 Å². The van der Waals surface area contributed by atoms with Crippen molar-refractivity contribution < 1.29 is 31.5 Å². The monoisotopic (exact) mass is 475 g/mol. The van der Waals surface area contributed by atoms with Crippen LogP contribution in [-0.2, 0) is 27.5 Å². The summed E-state index contributed by atoms with van der Waals surface area (Å²) in [5.41, 5.74) is -1.99. The van der Waals surface area contributed by atoms with Gasteiger partial charge in [0.1, 0.15) is 5.82 Å². The summed E-state index contributed by atoms with van der Waals surface area (Å²) in [4.78, 5) is 20.1. The molecule has 176 valence electrons. The minimum atomic E-state index is -4.53. The molecule has 1 amide bonds. The first-order chi connectivity index (χ1) is 14.8. The third-order valence-electron chi connectivity index (χ3n) is 4.88. The molecule has 0 aromatic carbocycles. The molecular weight excluding hydrogens is 451 g/mol. The Bertz CT molecular complexity index is 1060. The molecule has 3 rings (SSSR count). The first-order valence-electron chi connectivity index (χ1n) is 9.84.